The largest absolute Gasteiger partial charge is 0.451 e. The van der Waals surface area contributed by atoms with Crippen LogP contribution in [-0.2, 0) is 10.9 Å². The number of hydrogen-bond acceptors (Lipinski definition) is 5. The second kappa shape index (κ2) is 6.79. The Hall–Kier alpha value is -1.02. The van der Waals surface area contributed by atoms with Gasteiger partial charge in [0.25, 0.3) is 0 Å². The van der Waals surface area contributed by atoms with Crippen LogP contribution in [0.1, 0.15) is 12.2 Å². The molecule has 0 unspecified atom stereocenters. The van der Waals surface area contributed by atoms with Gasteiger partial charge in [-0.15, -0.1) is 11.8 Å². The lowest BCUT2D eigenvalue weighted by Gasteiger charge is -2.09. The van der Waals surface area contributed by atoms with Gasteiger partial charge in [-0.2, -0.15) is 13.2 Å². The van der Waals surface area contributed by atoms with Crippen LogP contribution in [0.2, 0.25) is 0 Å². The fraction of sp³-hybridized carbons (Fsp3) is 0.600. The molecule has 0 aliphatic rings. The van der Waals surface area contributed by atoms with Crippen LogP contribution >= 0.6 is 11.8 Å². The normalized spacial score (nSPS) is 11.6. The van der Waals surface area contributed by atoms with Gasteiger partial charge in [-0.05, 0) is 6.42 Å². The van der Waals surface area contributed by atoms with Crippen LogP contribution in [0.25, 0.3) is 0 Å². The smallest absolute Gasteiger partial charge is 0.385 e. The van der Waals surface area contributed by atoms with E-state index in [1.165, 1.54) is 24.9 Å². The minimum Gasteiger partial charge on any atom is -0.385 e. The van der Waals surface area contributed by atoms with Crippen LogP contribution in [0.5, 0.6) is 0 Å². The summed E-state index contributed by atoms with van der Waals surface area (Å²) in [6, 6.07) is 1.49. The number of methoxy groups -OCH3 is 1. The van der Waals surface area contributed by atoms with E-state index in [0.717, 1.165) is 6.42 Å². The molecule has 0 aromatic carbocycles. The predicted octanol–water partition coefficient (Wildman–Crippen LogP) is 2.67. The molecule has 0 atom stereocenters. The van der Waals surface area contributed by atoms with Crippen molar-refractivity contribution in [2.75, 3.05) is 31.8 Å². The van der Waals surface area contributed by atoms with Crippen molar-refractivity contribution in [1.29, 1.82) is 0 Å². The number of rotatable bonds is 6. The number of aromatic nitrogens is 2. The van der Waals surface area contributed by atoms with Crippen molar-refractivity contribution >= 4 is 17.6 Å². The van der Waals surface area contributed by atoms with E-state index in [-0.39, 0.29) is 5.82 Å². The SMILES string of the molecule is CNc1cc(SCCCOC)nc(C(F)(F)F)n1. The summed E-state index contributed by atoms with van der Waals surface area (Å²) >= 11 is 1.25. The first-order valence-electron chi connectivity index (χ1n) is 5.23. The zero-order chi connectivity index (χ0) is 13.6. The zero-order valence-corrected chi connectivity index (χ0v) is 10.9. The van der Waals surface area contributed by atoms with Crippen molar-refractivity contribution in [2.24, 2.45) is 0 Å². The van der Waals surface area contributed by atoms with Gasteiger partial charge in [-0.25, -0.2) is 9.97 Å². The lowest BCUT2D eigenvalue weighted by Crippen LogP contribution is -2.13. The van der Waals surface area contributed by atoms with Gasteiger partial charge < -0.3 is 10.1 Å². The number of anilines is 1. The molecular weight excluding hydrogens is 267 g/mol. The number of thioether (sulfide) groups is 1. The molecule has 0 aliphatic heterocycles. The maximum absolute atomic E-state index is 12.5. The Morgan fingerprint density at radius 3 is 2.67 bits per heavy atom. The number of nitrogens with one attached hydrogen (secondary N) is 1. The highest BCUT2D eigenvalue weighted by Gasteiger charge is 2.35. The summed E-state index contributed by atoms with van der Waals surface area (Å²) in [4.78, 5) is 6.88. The summed E-state index contributed by atoms with van der Waals surface area (Å²) in [5.41, 5.74) is 0. The van der Waals surface area contributed by atoms with Gasteiger partial charge in [0.1, 0.15) is 10.8 Å². The monoisotopic (exact) mass is 281 g/mol. The predicted molar refractivity (Wildman–Crippen MR) is 63.8 cm³/mol. The van der Waals surface area contributed by atoms with Gasteiger partial charge in [0.2, 0.25) is 5.82 Å². The number of ether oxygens (including phenoxy) is 1. The van der Waals surface area contributed by atoms with Crippen LogP contribution in [0.3, 0.4) is 0 Å². The summed E-state index contributed by atoms with van der Waals surface area (Å²) in [5.74, 6) is -0.319. The van der Waals surface area contributed by atoms with E-state index in [9.17, 15) is 13.2 Å². The fourth-order valence-corrected chi connectivity index (χ4v) is 1.95. The van der Waals surface area contributed by atoms with E-state index in [0.29, 0.717) is 17.4 Å². The highest BCUT2D eigenvalue weighted by atomic mass is 32.2. The van der Waals surface area contributed by atoms with Gasteiger partial charge in [0.05, 0.1) is 0 Å². The number of alkyl halides is 3. The molecule has 0 fully saturated rings. The van der Waals surface area contributed by atoms with E-state index in [2.05, 4.69) is 15.3 Å². The molecule has 1 N–H and O–H groups in total. The van der Waals surface area contributed by atoms with Gasteiger partial charge >= 0.3 is 6.18 Å². The third kappa shape index (κ3) is 4.69. The van der Waals surface area contributed by atoms with E-state index in [4.69, 9.17) is 4.74 Å². The molecular formula is C10H14F3N3OS. The second-order valence-corrected chi connectivity index (χ2v) is 4.47. The first-order valence-corrected chi connectivity index (χ1v) is 6.21. The zero-order valence-electron chi connectivity index (χ0n) is 10.0. The molecule has 0 amide bonds. The quantitative estimate of drug-likeness (QED) is 0.493. The molecule has 0 aliphatic carbocycles. The average Bonchev–Trinajstić information content (AvgIpc) is 2.33. The lowest BCUT2D eigenvalue weighted by molar-refractivity contribution is -0.145. The standard InChI is InChI=1S/C10H14F3N3OS/c1-14-7-6-8(18-5-3-4-17-2)16-9(15-7)10(11,12)13/h6H,3-5H2,1-2H3,(H,14,15,16). The Labute approximate surface area is 107 Å². The highest BCUT2D eigenvalue weighted by Crippen LogP contribution is 2.29. The van der Waals surface area contributed by atoms with Crippen molar-refractivity contribution in [3.63, 3.8) is 0 Å². The van der Waals surface area contributed by atoms with Gasteiger partial charge in [-0.3, -0.25) is 0 Å². The summed E-state index contributed by atoms with van der Waals surface area (Å²) in [5, 5.41) is 2.90. The molecule has 102 valence electrons. The minimum absolute atomic E-state index is 0.159. The molecule has 0 radical (unpaired) electrons. The summed E-state index contributed by atoms with van der Waals surface area (Å²) in [7, 11) is 3.10. The van der Waals surface area contributed by atoms with Gasteiger partial charge in [0, 0.05) is 32.6 Å². The maximum Gasteiger partial charge on any atom is 0.451 e. The average molecular weight is 281 g/mol. The molecule has 1 rings (SSSR count). The molecule has 0 bridgehead atoms. The lowest BCUT2D eigenvalue weighted by atomic mass is 10.5. The summed E-state index contributed by atoms with van der Waals surface area (Å²) in [6.07, 6.45) is -3.78. The summed E-state index contributed by atoms with van der Waals surface area (Å²) in [6.45, 7) is 0.573. The summed E-state index contributed by atoms with van der Waals surface area (Å²) < 4.78 is 42.5. The molecule has 1 aromatic heterocycles. The first-order chi connectivity index (χ1) is 8.47. The number of hydrogen-bond donors (Lipinski definition) is 1. The third-order valence-electron chi connectivity index (χ3n) is 1.96. The topological polar surface area (TPSA) is 47.0 Å². The van der Waals surface area contributed by atoms with E-state index in [1.807, 2.05) is 0 Å². The molecule has 1 heterocycles. The Bertz CT molecular complexity index is 387. The van der Waals surface area contributed by atoms with Crippen molar-refractivity contribution in [3.05, 3.63) is 11.9 Å². The van der Waals surface area contributed by atoms with Crippen molar-refractivity contribution < 1.29 is 17.9 Å². The van der Waals surface area contributed by atoms with E-state index >= 15 is 0 Å². The first kappa shape index (κ1) is 15.0. The molecule has 0 spiro atoms. The maximum atomic E-state index is 12.5. The minimum atomic E-state index is -4.53. The second-order valence-electron chi connectivity index (χ2n) is 3.36. The third-order valence-corrected chi connectivity index (χ3v) is 2.95. The molecule has 8 heteroatoms. The highest BCUT2D eigenvalue weighted by molar-refractivity contribution is 7.99. The van der Waals surface area contributed by atoms with Crippen LogP contribution in [0.15, 0.2) is 11.1 Å². The number of halogens is 3. The molecule has 0 saturated carbocycles. The van der Waals surface area contributed by atoms with Crippen molar-refractivity contribution in [1.82, 2.24) is 9.97 Å². The Kier molecular flexibility index (Phi) is 5.67. The van der Waals surface area contributed by atoms with Crippen molar-refractivity contribution in [3.8, 4) is 0 Å². The molecule has 4 nitrogen and oxygen atoms in total. The Balaban J connectivity index is 2.78. The Morgan fingerprint density at radius 2 is 2.11 bits per heavy atom. The van der Waals surface area contributed by atoms with Crippen LogP contribution in [0, 0.1) is 0 Å². The van der Waals surface area contributed by atoms with Crippen molar-refractivity contribution in [2.45, 2.75) is 17.6 Å². The molecule has 0 saturated heterocycles. The van der Waals surface area contributed by atoms with Crippen LogP contribution in [-0.4, -0.2) is 36.5 Å². The Morgan fingerprint density at radius 1 is 1.39 bits per heavy atom. The van der Waals surface area contributed by atoms with Gasteiger partial charge in [0.15, 0.2) is 0 Å². The van der Waals surface area contributed by atoms with Crippen LogP contribution in [0.4, 0.5) is 19.0 Å². The van der Waals surface area contributed by atoms with E-state index in [1.54, 1.807) is 7.11 Å². The van der Waals surface area contributed by atoms with Crippen LogP contribution < -0.4 is 5.32 Å². The number of nitrogens with zero attached hydrogens (tertiary/aromatic N) is 2. The molecule has 18 heavy (non-hydrogen) atoms. The van der Waals surface area contributed by atoms with E-state index < -0.39 is 12.0 Å². The van der Waals surface area contributed by atoms with Gasteiger partial charge in [-0.1, -0.05) is 0 Å². The molecule has 1 aromatic rings. The fourth-order valence-electron chi connectivity index (χ4n) is 1.13.